The summed E-state index contributed by atoms with van der Waals surface area (Å²) in [7, 11) is -1.81. The first kappa shape index (κ1) is 14.4. The quantitative estimate of drug-likeness (QED) is 0.638. The van der Waals surface area contributed by atoms with Crippen molar-refractivity contribution in [3.8, 4) is 0 Å². The van der Waals surface area contributed by atoms with Crippen molar-refractivity contribution in [1.82, 2.24) is 5.32 Å². The predicted molar refractivity (Wildman–Crippen MR) is 62.3 cm³/mol. The highest BCUT2D eigenvalue weighted by molar-refractivity contribution is 7.91. The number of esters is 1. The van der Waals surface area contributed by atoms with E-state index in [0.717, 1.165) is 0 Å². The first-order chi connectivity index (χ1) is 7.60. The van der Waals surface area contributed by atoms with Crippen molar-refractivity contribution in [2.45, 2.75) is 31.4 Å². The molecule has 1 aliphatic heterocycles. The number of ether oxygens (including phenoxy) is 1. The lowest BCUT2D eigenvalue weighted by Gasteiger charge is -2.29. The average Bonchev–Trinajstić information content (AvgIpc) is 2.50. The van der Waals surface area contributed by atoms with Crippen LogP contribution in [0.15, 0.2) is 0 Å². The number of rotatable bonds is 4. The Kier molecular flexibility index (Phi) is 3.85. The Morgan fingerprint density at radius 2 is 2.18 bits per heavy atom. The van der Waals surface area contributed by atoms with Crippen molar-refractivity contribution in [2.24, 2.45) is 0 Å². The molecule has 2 atom stereocenters. The molecule has 1 aliphatic rings. The first-order valence-electron chi connectivity index (χ1n) is 5.37. The summed E-state index contributed by atoms with van der Waals surface area (Å²) < 4.78 is 27.2. The number of β-amino-alcohol motifs (C(OH)–C–C–N with tert-alkyl or cyclic N) is 1. The van der Waals surface area contributed by atoms with E-state index in [2.05, 4.69) is 10.1 Å². The predicted octanol–water partition coefficient (Wildman–Crippen LogP) is -0.923. The average molecular weight is 265 g/mol. The number of carbonyl (C=O) groups excluding carboxylic acids is 1. The molecule has 0 aromatic carbocycles. The third-order valence-electron chi connectivity index (χ3n) is 2.99. The van der Waals surface area contributed by atoms with Gasteiger partial charge in [-0.15, -0.1) is 0 Å². The fraction of sp³-hybridized carbons (Fsp3) is 0.900. The van der Waals surface area contributed by atoms with Crippen LogP contribution in [0.4, 0.5) is 0 Å². The fourth-order valence-electron chi connectivity index (χ4n) is 1.83. The van der Waals surface area contributed by atoms with Gasteiger partial charge in [0.1, 0.15) is 0 Å². The van der Waals surface area contributed by atoms with Gasteiger partial charge in [-0.2, -0.15) is 0 Å². The summed E-state index contributed by atoms with van der Waals surface area (Å²) in [5, 5.41) is 12.7. The summed E-state index contributed by atoms with van der Waals surface area (Å²) in [6.45, 7) is 3.06. The van der Waals surface area contributed by atoms with E-state index < -0.39 is 26.9 Å². The Morgan fingerprint density at radius 1 is 1.59 bits per heavy atom. The van der Waals surface area contributed by atoms with E-state index in [1.54, 1.807) is 6.92 Å². The monoisotopic (exact) mass is 265 g/mol. The normalized spacial score (nSPS) is 30.8. The summed E-state index contributed by atoms with van der Waals surface area (Å²) in [6.07, 6.45) is 0.479. The van der Waals surface area contributed by atoms with E-state index >= 15 is 0 Å². The maximum absolute atomic E-state index is 11.4. The van der Waals surface area contributed by atoms with Crippen LogP contribution in [0.1, 0.15) is 20.3 Å². The number of carbonyl (C=O) groups is 1. The van der Waals surface area contributed by atoms with Crippen molar-refractivity contribution in [2.75, 3.05) is 25.2 Å². The highest BCUT2D eigenvalue weighted by atomic mass is 32.2. The molecule has 0 amide bonds. The van der Waals surface area contributed by atoms with Gasteiger partial charge in [-0.05, 0) is 20.3 Å². The molecule has 0 aromatic heterocycles. The molecule has 0 radical (unpaired) electrons. The Hall–Kier alpha value is -0.660. The Bertz CT molecular complexity index is 403. The summed E-state index contributed by atoms with van der Waals surface area (Å²) in [5.41, 5.74) is -2.24. The lowest BCUT2D eigenvalue weighted by Crippen LogP contribution is -2.53. The van der Waals surface area contributed by atoms with Crippen LogP contribution in [0.2, 0.25) is 0 Å². The van der Waals surface area contributed by atoms with Crippen LogP contribution in [0.25, 0.3) is 0 Å². The number of methoxy groups -OCH3 is 1. The van der Waals surface area contributed by atoms with Gasteiger partial charge in [0.25, 0.3) is 0 Å². The van der Waals surface area contributed by atoms with Gasteiger partial charge < -0.3 is 15.2 Å². The van der Waals surface area contributed by atoms with Gasteiger partial charge in [-0.25, -0.2) is 13.2 Å². The topological polar surface area (TPSA) is 92.7 Å². The Morgan fingerprint density at radius 3 is 2.59 bits per heavy atom. The summed E-state index contributed by atoms with van der Waals surface area (Å²) in [6, 6.07) is 0. The molecule has 0 saturated carbocycles. The second-order valence-electron chi connectivity index (χ2n) is 5.02. The summed E-state index contributed by atoms with van der Waals surface area (Å²) >= 11 is 0. The lowest BCUT2D eigenvalue weighted by atomic mass is 9.99. The van der Waals surface area contributed by atoms with Crippen LogP contribution in [0.3, 0.4) is 0 Å². The molecular formula is C10H19NO5S. The molecule has 17 heavy (non-hydrogen) atoms. The Balaban J connectivity index is 2.60. The number of sulfone groups is 1. The van der Waals surface area contributed by atoms with Crippen molar-refractivity contribution in [1.29, 1.82) is 0 Å². The molecule has 1 fully saturated rings. The zero-order valence-electron chi connectivity index (χ0n) is 10.3. The third-order valence-corrected chi connectivity index (χ3v) is 4.89. The molecule has 2 unspecified atom stereocenters. The second kappa shape index (κ2) is 4.55. The van der Waals surface area contributed by atoms with E-state index in [0.29, 0.717) is 6.42 Å². The molecule has 0 aromatic rings. The van der Waals surface area contributed by atoms with Gasteiger partial charge in [0.05, 0.1) is 18.6 Å². The van der Waals surface area contributed by atoms with Crippen molar-refractivity contribution in [3.63, 3.8) is 0 Å². The van der Waals surface area contributed by atoms with Crippen LogP contribution in [0.5, 0.6) is 0 Å². The smallest absolute Gasteiger partial charge is 0.338 e. The van der Waals surface area contributed by atoms with Crippen LogP contribution in [-0.4, -0.2) is 55.8 Å². The molecule has 7 heteroatoms. The maximum atomic E-state index is 11.4. The number of hydrogen-bond donors (Lipinski definition) is 2. The van der Waals surface area contributed by atoms with Gasteiger partial charge in [0.2, 0.25) is 0 Å². The van der Waals surface area contributed by atoms with E-state index in [4.69, 9.17) is 0 Å². The molecule has 0 aliphatic carbocycles. The van der Waals surface area contributed by atoms with Crippen molar-refractivity contribution >= 4 is 15.8 Å². The Labute approximate surface area is 101 Å². The number of aliphatic hydroxyl groups is 1. The second-order valence-corrected chi connectivity index (χ2v) is 7.21. The molecule has 0 spiro atoms. The molecule has 6 nitrogen and oxygen atoms in total. The molecular weight excluding hydrogens is 246 g/mol. The van der Waals surface area contributed by atoms with Crippen LogP contribution < -0.4 is 5.32 Å². The zero-order chi connectivity index (χ0) is 13.3. The highest BCUT2D eigenvalue weighted by Crippen LogP contribution is 2.23. The molecule has 1 heterocycles. The van der Waals surface area contributed by atoms with E-state index in [-0.39, 0.29) is 18.1 Å². The minimum atomic E-state index is -3.01. The SMILES string of the molecule is COC(=O)C(C)(O)CNC1(C)CCS(=O)(=O)C1. The van der Waals surface area contributed by atoms with E-state index in [1.165, 1.54) is 14.0 Å². The van der Waals surface area contributed by atoms with E-state index in [1.807, 2.05) is 0 Å². The van der Waals surface area contributed by atoms with Crippen LogP contribution in [0, 0.1) is 0 Å². The zero-order valence-corrected chi connectivity index (χ0v) is 11.1. The molecule has 1 rings (SSSR count). The molecule has 1 saturated heterocycles. The van der Waals surface area contributed by atoms with Gasteiger partial charge in [0.15, 0.2) is 15.4 Å². The standard InChI is InChI=1S/C10H19NO5S/c1-9(4-5-17(14,15)7-9)11-6-10(2,13)8(12)16-3/h11,13H,4-7H2,1-3H3. The van der Waals surface area contributed by atoms with Crippen LogP contribution >= 0.6 is 0 Å². The van der Waals surface area contributed by atoms with Gasteiger partial charge in [-0.3, -0.25) is 0 Å². The lowest BCUT2D eigenvalue weighted by molar-refractivity contribution is -0.160. The van der Waals surface area contributed by atoms with E-state index in [9.17, 15) is 18.3 Å². The van der Waals surface area contributed by atoms with Crippen molar-refractivity contribution < 1.29 is 23.1 Å². The van der Waals surface area contributed by atoms with Crippen LogP contribution in [-0.2, 0) is 19.4 Å². The first-order valence-corrected chi connectivity index (χ1v) is 7.19. The minimum Gasteiger partial charge on any atom is -0.467 e. The number of nitrogens with one attached hydrogen (secondary N) is 1. The summed E-state index contributed by atoms with van der Waals surface area (Å²) in [4.78, 5) is 11.2. The molecule has 2 N–H and O–H groups in total. The van der Waals surface area contributed by atoms with Gasteiger partial charge in [-0.1, -0.05) is 0 Å². The van der Waals surface area contributed by atoms with Gasteiger partial charge in [0, 0.05) is 12.1 Å². The van der Waals surface area contributed by atoms with Gasteiger partial charge >= 0.3 is 5.97 Å². The number of hydrogen-bond acceptors (Lipinski definition) is 6. The minimum absolute atomic E-state index is 0.0251. The maximum Gasteiger partial charge on any atom is 0.338 e. The van der Waals surface area contributed by atoms with Crippen molar-refractivity contribution in [3.05, 3.63) is 0 Å². The fourth-order valence-corrected chi connectivity index (χ4v) is 3.95. The largest absolute Gasteiger partial charge is 0.467 e. The summed E-state index contributed by atoms with van der Waals surface area (Å²) in [5.74, 6) is -0.580. The third kappa shape index (κ3) is 3.65. The molecule has 100 valence electrons. The highest BCUT2D eigenvalue weighted by Gasteiger charge is 2.41. The molecule has 0 bridgehead atoms.